The number of benzene rings is 1. The maximum atomic E-state index is 12.2. The Morgan fingerprint density at radius 1 is 1.16 bits per heavy atom. The molecule has 2 aliphatic heterocycles. The van der Waals surface area contributed by atoms with Gasteiger partial charge in [-0.1, -0.05) is 6.07 Å². The van der Waals surface area contributed by atoms with E-state index < -0.39 is 29.7 Å². The highest BCUT2D eigenvalue weighted by molar-refractivity contribution is 6.26. The molecule has 0 radical (unpaired) electrons. The quantitative estimate of drug-likeness (QED) is 0.511. The van der Waals surface area contributed by atoms with Crippen LogP contribution >= 0.6 is 0 Å². The van der Waals surface area contributed by atoms with Gasteiger partial charge >= 0.3 is 0 Å². The molecule has 0 spiro atoms. The molecule has 0 aromatic heterocycles. The summed E-state index contributed by atoms with van der Waals surface area (Å²) in [5.41, 5.74) is 6.12. The van der Waals surface area contributed by atoms with Crippen LogP contribution in [0.5, 0.6) is 0 Å². The summed E-state index contributed by atoms with van der Waals surface area (Å²) in [5.74, 6) is -2.37. The van der Waals surface area contributed by atoms with Gasteiger partial charge in [0.1, 0.15) is 6.04 Å². The Balaban J connectivity index is 2.06. The van der Waals surface area contributed by atoms with Crippen LogP contribution in [0, 0.1) is 0 Å². The second kappa shape index (κ2) is 3.64. The van der Waals surface area contributed by atoms with Crippen molar-refractivity contribution < 1.29 is 19.2 Å². The van der Waals surface area contributed by atoms with Gasteiger partial charge in [-0.05, 0) is 12.1 Å². The second-order valence-corrected chi connectivity index (χ2v) is 4.38. The number of amides is 4. The Morgan fingerprint density at radius 2 is 1.89 bits per heavy atom. The van der Waals surface area contributed by atoms with Crippen LogP contribution < -0.4 is 11.1 Å². The number of fused-ring (bicyclic) bond motifs is 1. The maximum Gasteiger partial charge on any atom is 0.264 e. The summed E-state index contributed by atoms with van der Waals surface area (Å²) in [7, 11) is 0. The average Bonchev–Trinajstić information content (AvgIpc) is 2.79. The molecule has 96 valence electrons. The van der Waals surface area contributed by atoms with Gasteiger partial charge in [-0.3, -0.25) is 29.4 Å². The minimum absolute atomic E-state index is 0.0969. The zero-order valence-corrected chi connectivity index (χ0v) is 9.67. The molecule has 1 aromatic rings. The minimum Gasteiger partial charge on any atom is -0.398 e. The van der Waals surface area contributed by atoms with Crippen molar-refractivity contribution in [3.8, 4) is 0 Å². The lowest BCUT2D eigenvalue weighted by atomic mass is 10.1. The lowest BCUT2D eigenvalue weighted by Crippen LogP contribution is -2.44. The monoisotopic (exact) mass is 259 g/mol. The number of carbonyl (C=O) groups is 4. The van der Waals surface area contributed by atoms with E-state index in [-0.39, 0.29) is 23.2 Å². The first kappa shape index (κ1) is 11.4. The van der Waals surface area contributed by atoms with Crippen LogP contribution in [0.25, 0.3) is 0 Å². The van der Waals surface area contributed by atoms with Crippen molar-refractivity contribution in [2.75, 3.05) is 5.73 Å². The first-order chi connectivity index (χ1) is 9.00. The molecule has 2 aliphatic rings. The van der Waals surface area contributed by atoms with E-state index in [1.807, 2.05) is 0 Å². The fourth-order valence-electron chi connectivity index (χ4n) is 2.36. The number of imide groups is 2. The molecular formula is C12H9N3O4. The van der Waals surface area contributed by atoms with E-state index in [1.54, 1.807) is 6.07 Å². The molecule has 3 rings (SSSR count). The van der Waals surface area contributed by atoms with Crippen LogP contribution in [0.15, 0.2) is 18.2 Å². The number of nitrogens with two attached hydrogens (primary N) is 1. The van der Waals surface area contributed by atoms with Crippen LogP contribution in [-0.2, 0) is 9.59 Å². The van der Waals surface area contributed by atoms with Crippen LogP contribution in [0.1, 0.15) is 27.1 Å². The fourth-order valence-corrected chi connectivity index (χ4v) is 2.36. The van der Waals surface area contributed by atoms with Gasteiger partial charge in [-0.15, -0.1) is 0 Å². The van der Waals surface area contributed by atoms with Crippen LogP contribution in [0.2, 0.25) is 0 Å². The second-order valence-electron chi connectivity index (χ2n) is 4.38. The van der Waals surface area contributed by atoms with Gasteiger partial charge in [-0.2, -0.15) is 0 Å². The van der Waals surface area contributed by atoms with E-state index in [4.69, 9.17) is 5.73 Å². The van der Waals surface area contributed by atoms with Gasteiger partial charge in [0.2, 0.25) is 11.8 Å². The highest BCUT2D eigenvalue weighted by atomic mass is 16.2. The fraction of sp³-hybridized carbons (Fsp3) is 0.167. The van der Waals surface area contributed by atoms with Crippen LogP contribution in [0.3, 0.4) is 0 Å². The third-order valence-electron chi connectivity index (χ3n) is 3.23. The molecule has 7 nitrogen and oxygen atoms in total. The summed E-state index contributed by atoms with van der Waals surface area (Å²) < 4.78 is 0. The van der Waals surface area contributed by atoms with E-state index in [0.29, 0.717) is 0 Å². The predicted molar refractivity (Wildman–Crippen MR) is 62.9 cm³/mol. The zero-order valence-electron chi connectivity index (χ0n) is 9.67. The molecule has 1 aromatic carbocycles. The SMILES string of the molecule is Nc1cccc2c1C(=O)N([C@H]1CC(=O)NC1=O)C2=O. The van der Waals surface area contributed by atoms with E-state index in [9.17, 15) is 19.2 Å². The van der Waals surface area contributed by atoms with E-state index >= 15 is 0 Å². The molecule has 0 saturated carbocycles. The number of carbonyl (C=O) groups excluding carboxylic acids is 4. The molecule has 1 saturated heterocycles. The summed E-state index contributed by atoms with van der Waals surface area (Å²) in [4.78, 5) is 47.9. The van der Waals surface area contributed by atoms with Crippen molar-refractivity contribution in [2.45, 2.75) is 12.5 Å². The largest absolute Gasteiger partial charge is 0.398 e. The van der Waals surface area contributed by atoms with Gasteiger partial charge in [0.25, 0.3) is 11.8 Å². The van der Waals surface area contributed by atoms with Gasteiger partial charge in [0.05, 0.1) is 17.5 Å². The first-order valence-electron chi connectivity index (χ1n) is 5.61. The van der Waals surface area contributed by atoms with Crippen molar-refractivity contribution in [3.63, 3.8) is 0 Å². The molecule has 19 heavy (non-hydrogen) atoms. The molecule has 4 amide bonds. The van der Waals surface area contributed by atoms with Gasteiger partial charge in [-0.25, -0.2) is 0 Å². The summed E-state index contributed by atoms with van der Waals surface area (Å²) in [6.07, 6.45) is -0.204. The number of nitrogen functional groups attached to an aromatic ring is 1. The number of hydrogen-bond acceptors (Lipinski definition) is 5. The number of hydrogen-bond donors (Lipinski definition) is 2. The van der Waals surface area contributed by atoms with Crippen LogP contribution in [-0.4, -0.2) is 34.6 Å². The van der Waals surface area contributed by atoms with Crippen LogP contribution in [0.4, 0.5) is 5.69 Å². The molecule has 0 bridgehead atoms. The highest BCUT2D eigenvalue weighted by Crippen LogP contribution is 2.30. The highest BCUT2D eigenvalue weighted by Gasteiger charge is 2.47. The van der Waals surface area contributed by atoms with E-state index in [1.165, 1.54) is 12.1 Å². The average molecular weight is 259 g/mol. The zero-order chi connectivity index (χ0) is 13.7. The van der Waals surface area contributed by atoms with Crippen molar-refractivity contribution in [3.05, 3.63) is 29.3 Å². The summed E-state index contributed by atoms with van der Waals surface area (Å²) in [6.45, 7) is 0. The van der Waals surface area contributed by atoms with Crippen molar-refractivity contribution in [1.29, 1.82) is 0 Å². The molecule has 7 heteroatoms. The molecule has 0 unspecified atom stereocenters. The lowest BCUT2D eigenvalue weighted by molar-refractivity contribution is -0.125. The van der Waals surface area contributed by atoms with E-state index in [0.717, 1.165) is 4.90 Å². The molecule has 2 heterocycles. The summed E-state index contributed by atoms with van der Waals surface area (Å²) >= 11 is 0. The van der Waals surface area contributed by atoms with E-state index in [2.05, 4.69) is 5.32 Å². The molecule has 0 aliphatic carbocycles. The van der Waals surface area contributed by atoms with Crippen molar-refractivity contribution >= 4 is 29.3 Å². The van der Waals surface area contributed by atoms with Gasteiger partial charge < -0.3 is 5.73 Å². The number of nitrogens with zero attached hydrogens (tertiary/aromatic N) is 1. The molecule has 1 fully saturated rings. The van der Waals surface area contributed by atoms with Crippen molar-refractivity contribution in [1.82, 2.24) is 10.2 Å². The molecule has 3 N–H and O–H groups in total. The number of nitrogens with one attached hydrogen (secondary N) is 1. The molecular weight excluding hydrogens is 250 g/mol. The predicted octanol–water partition coefficient (Wildman–Crippen LogP) is -0.720. The summed E-state index contributed by atoms with van der Waals surface area (Å²) in [6, 6.07) is 3.45. The van der Waals surface area contributed by atoms with Crippen molar-refractivity contribution in [2.24, 2.45) is 0 Å². The lowest BCUT2D eigenvalue weighted by Gasteiger charge is -2.18. The first-order valence-corrected chi connectivity index (χ1v) is 5.61. The van der Waals surface area contributed by atoms with Gasteiger partial charge in [0, 0.05) is 5.69 Å². The Labute approximate surface area is 107 Å². The Hall–Kier alpha value is -2.70. The maximum absolute atomic E-state index is 12.2. The molecule has 1 atom stereocenters. The Kier molecular flexibility index (Phi) is 2.19. The number of rotatable bonds is 1. The Bertz CT molecular complexity index is 652. The smallest absolute Gasteiger partial charge is 0.264 e. The topological polar surface area (TPSA) is 110 Å². The Morgan fingerprint density at radius 3 is 2.47 bits per heavy atom. The third-order valence-corrected chi connectivity index (χ3v) is 3.23. The third kappa shape index (κ3) is 1.44. The van der Waals surface area contributed by atoms with Gasteiger partial charge in [0.15, 0.2) is 0 Å². The minimum atomic E-state index is -1.08. The standard InChI is InChI=1S/C12H9N3O4/c13-6-3-1-2-5-9(6)12(19)15(11(5)18)7-4-8(16)14-10(7)17/h1-3,7H,4,13H2,(H,14,16,17)/t7-/m0/s1. The summed E-state index contributed by atoms with van der Waals surface area (Å²) in [5, 5.41) is 2.07. The normalized spacial score (nSPS) is 21.9. The number of anilines is 1.